The molecular formula is C17H19ClN2O3. The first-order chi connectivity index (χ1) is 11.1. The van der Waals surface area contributed by atoms with E-state index in [1.165, 1.54) is 0 Å². The molecule has 0 aliphatic carbocycles. The molecule has 1 amide bonds. The number of carbonyl (C=O) groups is 1. The molecule has 0 saturated carbocycles. The maximum atomic E-state index is 12.0. The van der Waals surface area contributed by atoms with Gasteiger partial charge in [-0.05, 0) is 24.3 Å². The molecule has 2 aromatic carbocycles. The Labute approximate surface area is 140 Å². The summed E-state index contributed by atoms with van der Waals surface area (Å²) in [6, 6.07) is 12.8. The van der Waals surface area contributed by atoms with Gasteiger partial charge in [0.05, 0.1) is 25.3 Å². The van der Waals surface area contributed by atoms with Gasteiger partial charge in [-0.3, -0.25) is 4.79 Å². The van der Waals surface area contributed by atoms with Crippen molar-refractivity contribution in [1.82, 2.24) is 0 Å². The normalized spacial score (nSPS) is 10.2. The number of ether oxygens (including phenoxy) is 2. The van der Waals surface area contributed by atoms with Gasteiger partial charge in [-0.1, -0.05) is 29.8 Å². The number of carbonyl (C=O) groups excluding carboxylic acids is 1. The highest BCUT2D eigenvalue weighted by Crippen LogP contribution is 2.27. The van der Waals surface area contributed by atoms with Crippen LogP contribution in [0.4, 0.5) is 11.4 Å². The molecule has 0 aromatic heterocycles. The molecule has 0 aliphatic rings. The number of hydrogen-bond donors (Lipinski definition) is 2. The monoisotopic (exact) mass is 334 g/mol. The average Bonchev–Trinajstić information content (AvgIpc) is 2.54. The van der Waals surface area contributed by atoms with Crippen LogP contribution in [0.5, 0.6) is 5.75 Å². The highest BCUT2D eigenvalue weighted by Gasteiger charge is 2.07. The second-order valence-corrected chi connectivity index (χ2v) is 5.25. The van der Waals surface area contributed by atoms with Crippen LogP contribution in [0.3, 0.4) is 0 Å². The molecule has 0 atom stereocenters. The second kappa shape index (κ2) is 8.41. The smallest absolute Gasteiger partial charge is 0.243 e. The Bertz CT molecular complexity index is 677. The molecule has 2 N–H and O–H groups in total. The molecule has 0 aliphatic heterocycles. The summed E-state index contributed by atoms with van der Waals surface area (Å²) < 4.78 is 10.2. The second-order valence-electron chi connectivity index (χ2n) is 4.84. The standard InChI is InChI=1S/C17H19ClN2O3/c1-22-11-12-5-3-4-6-15(12)19-10-17(21)20-13-7-8-16(23-2)14(18)9-13/h3-9,19H,10-11H2,1-2H3,(H,20,21). The van der Waals surface area contributed by atoms with Crippen LogP contribution in [-0.2, 0) is 16.1 Å². The van der Waals surface area contributed by atoms with Crippen LogP contribution >= 0.6 is 11.6 Å². The summed E-state index contributed by atoms with van der Waals surface area (Å²) in [5.41, 5.74) is 2.49. The van der Waals surface area contributed by atoms with E-state index >= 15 is 0 Å². The Hall–Kier alpha value is -2.24. The van der Waals surface area contributed by atoms with Gasteiger partial charge >= 0.3 is 0 Å². The molecule has 0 bridgehead atoms. The summed E-state index contributed by atoms with van der Waals surface area (Å²) in [6.07, 6.45) is 0. The average molecular weight is 335 g/mol. The SMILES string of the molecule is COCc1ccccc1NCC(=O)Nc1ccc(OC)c(Cl)c1. The van der Waals surface area contributed by atoms with Gasteiger partial charge in [0.15, 0.2) is 0 Å². The third kappa shape index (κ3) is 4.87. The molecule has 23 heavy (non-hydrogen) atoms. The number of amides is 1. The number of rotatable bonds is 7. The van der Waals surface area contributed by atoms with Gasteiger partial charge in [0.1, 0.15) is 5.75 Å². The molecule has 0 unspecified atom stereocenters. The summed E-state index contributed by atoms with van der Waals surface area (Å²) in [5, 5.41) is 6.34. The van der Waals surface area contributed by atoms with Crippen LogP contribution in [0, 0.1) is 0 Å². The molecule has 2 rings (SSSR count). The minimum atomic E-state index is -0.168. The van der Waals surface area contributed by atoms with E-state index in [1.807, 2.05) is 24.3 Å². The number of hydrogen-bond acceptors (Lipinski definition) is 4. The quantitative estimate of drug-likeness (QED) is 0.813. The highest BCUT2D eigenvalue weighted by atomic mass is 35.5. The van der Waals surface area contributed by atoms with Crippen molar-refractivity contribution in [3.05, 3.63) is 53.1 Å². The summed E-state index contributed by atoms with van der Waals surface area (Å²) in [7, 11) is 3.18. The molecule has 6 heteroatoms. The Morgan fingerprint density at radius 1 is 1.17 bits per heavy atom. The third-order valence-electron chi connectivity index (χ3n) is 3.19. The number of benzene rings is 2. The molecule has 122 valence electrons. The summed E-state index contributed by atoms with van der Waals surface area (Å²) in [5.74, 6) is 0.398. The maximum Gasteiger partial charge on any atom is 0.243 e. The van der Waals surface area contributed by atoms with E-state index in [0.29, 0.717) is 23.1 Å². The maximum absolute atomic E-state index is 12.0. The van der Waals surface area contributed by atoms with E-state index in [-0.39, 0.29) is 12.5 Å². The molecule has 0 radical (unpaired) electrons. The number of nitrogens with one attached hydrogen (secondary N) is 2. The predicted octanol–water partition coefficient (Wildman–Crippen LogP) is 3.55. The van der Waals surface area contributed by atoms with Gasteiger partial charge in [0, 0.05) is 24.0 Å². The van der Waals surface area contributed by atoms with E-state index in [1.54, 1.807) is 32.4 Å². The lowest BCUT2D eigenvalue weighted by molar-refractivity contribution is -0.114. The van der Waals surface area contributed by atoms with Crippen molar-refractivity contribution in [3.63, 3.8) is 0 Å². The lowest BCUT2D eigenvalue weighted by Crippen LogP contribution is -2.22. The minimum absolute atomic E-state index is 0.143. The van der Waals surface area contributed by atoms with Crippen LogP contribution in [0.2, 0.25) is 5.02 Å². The largest absolute Gasteiger partial charge is 0.495 e. The first kappa shape index (κ1) is 17.1. The Morgan fingerprint density at radius 2 is 1.96 bits per heavy atom. The van der Waals surface area contributed by atoms with Crippen molar-refractivity contribution in [2.24, 2.45) is 0 Å². The van der Waals surface area contributed by atoms with E-state index in [9.17, 15) is 4.79 Å². The van der Waals surface area contributed by atoms with Crippen molar-refractivity contribution in [1.29, 1.82) is 0 Å². The van der Waals surface area contributed by atoms with E-state index in [4.69, 9.17) is 21.1 Å². The van der Waals surface area contributed by atoms with Crippen LogP contribution in [-0.4, -0.2) is 26.7 Å². The lowest BCUT2D eigenvalue weighted by atomic mass is 10.2. The zero-order chi connectivity index (χ0) is 16.7. The van der Waals surface area contributed by atoms with E-state index in [0.717, 1.165) is 11.3 Å². The third-order valence-corrected chi connectivity index (χ3v) is 3.49. The van der Waals surface area contributed by atoms with Crippen molar-refractivity contribution < 1.29 is 14.3 Å². The van der Waals surface area contributed by atoms with Gasteiger partial charge in [0.25, 0.3) is 0 Å². The lowest BCUT2D eigenvalue weighted by Gasteiger charge is -2.12. The zero-order valence-electron chi connectivity index (χ0n) is 13.1. The van der Waals surface area contributed by atoms with Crippen molar-refractivity contribution in [3.8, 4) is 5.75 Å². The molecular weight excluding hydrogens is 316 g/mol. The highest BCUT2D eigenvalue weighted by molar-refractivity contribution is 6.32. The number of para-hydroxylation sites is 1. The van der Waals surface area contributed by atoms with Gasteiger partial charge in [-0.15, -0.1) is 0 Å². The fourth-order valence-electron chi connectivity index (χ4n) is 2.10. The van der Waals surface area contributed by atoms with Crippen LogP contribution in [0.15, 0.2) is 42.5 Å². The molecule has 0 spiro atoms. The van der Waals surface area contributed by atoms with Crippen molar-refractivity contribution in [2.45, 2.75) is 6.61 Å². The molecule has 5 nitrogen and oxygen atoms in total. The molecule has 2 aromatic rings. The zero-order valence-corrected chi connectivity index (χ0v) is 13.8. The number of halogens is 1. The van der Waals surface area contributed by atoms with E-state index < -0.39 is 0 Å². The molecule has 0 fully saturated rings. The van der Waals surface area contributed by atoms with Crippen LogP contribution in [0.25, 0.3) is 0 Å². The minimum Gasteiger partial charge on any atom is -0.495 e. The Kier molecular flexibility index (Phi) is 6.26. The summed E-state index contributed by atoms with van der Waals surface area (Å²) in [6.45, 7) is 0.628. The fraction of sp³-hybridized carbons (Fsp3) is 0.235. The van der Waals surface area contributed by atoms with Gasteiger partial charge in [-0.2, -0.15) is 0 Å². The van der Waals surface area contributed by atoms with Gasteiger partial charge in [-0.25, -0.2) is 0 Å². The molecule has 0 heterocycles. The van der Waals surface area contributed by atoms with Crippen molar-refractivity contribution >= 4 is 28.9 Å². The number of anilines is 2. The summed E-state index contributed by atoms with van der Waals surface area (Å²) >= 11 is 6.04. The first-order valence-corrected chi connectivity index (χ1v) is 7.46. The van der Waals surface area contributed by atoms with Gasteiger partial charge in [0.2, 0.25) is 5.91 Å². The summed E-state index contributed by atoms with van der Waals surface area (Å²) in [4.78, 5) is 12.0. The first-order valence-electron chi connectivity index (χ1n) is 7.08. The van der Waals surface area contributed by atoms with Crippen LogP contribution < -0.4 is 15.4 Å². The Morgan fingerprint density at radius 3 is 2.65 bits per heavy atom. The van der Waals surface area contributed by atoms with Crippen LogP contribution in [0.1, 0.15) is 5.56 Å². The van der Waals surface area contributed by atoms with Gasteiger partial charge < -0.3 is 20.1 Å². The van der Waals surface area contributed by atoms with E-state index in [2.05, 4.69) is 10.6 Å². The topological polar surface area (TPSA) is 59.6 Å². The Balaban J connectivity index is 1.94. The fourth-order valence-corrected chi connectivity index (χ4v) is 2.36. The predicted molar refractivity (Wildman–Crippen MR) is 92.3 cm³/mol. The number of methoxy groups -OCH3 is 2. The molecule has 0 saturated heterocycles. The van der Waals surface area contributed by atoms with Crippen molar-refractivity contribution in [2.75, 3.05) is 31.4 Å².